The fourth-order valence-electron chi connectivity index (χ4n) is 3.11. The third kappa shape index (κ3) is 3.65. The lowest BCUT2D eigenvalue weighted by Crippen LogP contribution is -2.38. The number of ether oxygens (including phenoxy) is 2. The number of para-hydroxylation sites is 1. The zero-order valence-corrected chi connectivity index (χ0v) is 14.3. The van der Waals surface area contributed by atoms with Gasteiger partial charge in [-0.05, 0) is 24.6 Å². The quantitative estimate of drug-likeness (QED) is 0.851. The van der Waals surface area contributed by atoms with Crippen LogP contribution < -0.4 is 10.1 Å². The van der Waals surface area contributed by atoms with Gasteiger partial charge in [0.2, 0.25) is 0 Å². The molecule has 1 aliphatic rings. The molecule has 25 heavy (non-hydrogen) atoms. The highest BCUT2D eigenvalue weighted by Gasteiger charge is 2.30. The van der Waals surface area contributed by atoms with Crippen molar-refractivity contribution in [2.24, 2.45) is 0 Å². The molecule has 0 aliphatic carbocycles. The van der Waals surface area contributed by atoms with Crippen LogP contribution in [0.15, 0.2) is 48.5 Å². The molecule has 0 bridgehead atoms. The van der Waals surface area contributed by atoms with Crippen molar-refractivity contribution in [1.29, 1.82) is 0 Å². The van der Waals surface area contributed by atoms with Gasteiger partial charge in [0.25, 0.3) is 5.91 Å². The molecule has 0 aromatic heterocycles. The molecule has 1 amide bonds. The van der Waals surface area contributed by atoms with Gasteiger partial charge in [0.1, 0.15) is 5.75 Å². The standard InChI is InChI=1S/C20H21NO4/c1-13(17-12-25-18-10-6-5-9-16(17)18)21-20(23)15-8-4-3-7-14(15)11-19(22)24-2/h3-10,13,17H,11-12H2,1-2H3,(H,21,23)/t13-,17-/m1/s1. The molecule has 2 atom stereocenters. The first-order valence-corrected chi connectivity index (χ1v) is 8.27. The summed E-state index contributed by atoms with van der Waals surface area (Å²) in [7, 11) is 1.34. The van der Waals surface area contributed by atoms with Gasteiger partial charge in [0, 0.05) is 23.1 Å². The number of carbonyl (C=O) groups excluding carboxylic acids is 2. The van der Waals surface area contributed by atoms with Crippen LogP contribution in [-0.2, 0) is 16.0 Å². The minimum absolute atomic E-state index is 0.0733. The first kappa shape index (κ1) is 17.0. The zero-order valence-electron chi connectivity index (χ0n) is 14.3. The summed E-state index contributed by atoms with van der Waals surface area (Å²) in [6.07, 6.45) is 0.0733. The molecule has 0 fully saturated rings. The maximum atomic E-state index is 12.7. The highest BCUT2D eigenvalue weighted by molar-refractivity contribution is 5.97. The van der Waals surface area contributed by atoms with Crippen molar-refractivity contribution in [3.05, 3.63) is 65.2 Å². The first-order valence-electron chi connectivity index (χ1n) is 8.27. The Labute approximate surface area is 147 Å². The molecule has 0 saturated carbocycles. The van der Waals surface area contributed by atoms with Gasteiger partial charge in [-0.1, -0.05) is 36.4 Å². The largest absolute Gasteiger partial charge is 0.493 e. The summed E-state index contributed by atoms with van der Waals surface area (Å²) in [5.74, 6) is 0.412. The maximum Gasteiger partial charge on any atom is 0.310 e. The Morgan fingerprint density at radius 1 is 1.20 bits per heavy atom. The number of benzene rings is 2. The van der Waals surface area contributed by atoms with Crippen molar-refractivity contribution < 1.29 is 19.1 Å². The number of carbonyl (C=O) groups is 2. The number of esters is 1. The van der Waals surface area contributed by atoms with E-state index >= 15 is 0 Å². The number of nitrogens with one attached hydrogen (secondary N) is 1. The van der Waals surface area contributed by atoms with E-state index in [1.807, 2.05) is 31.2 Å². The molecule has 0 saturated heterocycles. The molecule has 1 heterocycles. The molecule has 5 heteroatoms. The molecule has 0 radical (unpaired) electrons. The minimum atomic E-state index is -0.369. The Hall–Kier alpha value is -2.82. The summed E-state index contributed by atoms with van der Waals surface area (Å²) in [5.41, 5.74) is 2.26. The highest BCUT2D eigenvalue weighted by atomic mass is 16.5. The van der Waals surface area contributed by atoms with Gasteiger partial charge < -0.3 is 14.8 Å². The molecule has 1 N–H and O–H groups in total. The van der Waals surface area contributed by atoms with Crippen LogP contribution in [0.1, 0.15) is 34.3 Å². The second-order valence-corrected chi connectivity index (χ2v) is 6.13. The Balaban J connectivity index is 1.74. The molecule has 130 valence electrons. The Bertz CT molecular complexity index is 787. The lowest BCUT2D eigenvalue weighted by Gasteiger charge is -2.20. The van der Waals surface area contributed by atoms with Gasteiger partial charge in [0.15, 0.2) is 0 Å². The number of hydrogen-bond acceptors (Lipinski definition) is 4. The van der Waals surface area contributed by atoms with E-state index in [0.717, 1.165) is 11.3 Å². The topological polar surface area (TPSA) is 64.6 Å². The second kappa shape index (κ2) is 7.38. The summed E-state index contributed by atoms with van der Waals surface area (Å²) in [5, 5.41) is 3.04. The molecular weight excluding hydrogens is 318 g/mol. The van der Waals surface area contributed by atoms with Crippen LogP contribution in [0, 0.1) is 0 Å². The van der Waals surface area contributed by atoms with E-state index in [9.17, 15) is 9.59 Å². The van der Waals surface area contributed by atoms with Gasteiger partial charge >= 0.3 is 5.97 Å². The van der Waals surface area contributed by atoms with Crippen LogP contribution in [0.4, 0.5) is 0 Å². The minimum Gasteiger partial charge on any atom is -0.493 e. The SMILES string of the molecule is COC(=O)Cc1ccccc1C(=O)N[C@H](C)[C@H]1COc2ccccc21. The van der Waals surface area contributed by atoms with Crippen LogP contribution in [0.2, 0.25) is 0 Å². The third-order valence-corrected chi connectivity index (χ3v) is 4.52. The van der Waals surface area contributed by atoms with Crippen LogP contribution >= 0.6 is 0 Å². The maximum absolute atomic E-state index is 12.7. The van der Waals surface area contributed by atoms with Crippen molar-refractivity contribution in [3.63, 3.8) is 0 Å². The van der Waals surface area contributed by atoms with Crippen molar-refractivity contribution in [1.82, 2.24) is 5.32 Å². The van der Waals surface area contributed by atoms with Gasteiger partial charge in [-0.2, -0.15) is 0 Å². The van der Waals surface area contributed by atoms with E-state index in [0.29, 0.717) is 17.7 Å². The second-order valence-electron chi connectivity index (χ2n) is 6.13. The van der Waals surface area contributed by atoms with Crippen LogP contribution in [0.5, 0.6) is 5.75 Å². The normalized spacial score (nSPS) is 16.5. The molecule has 3 rings (SSSR count). The lowest BCUT2D eigenvalue weighted by atomic mass is 9.94. The Kier molecular flexibility index (Phi) is 5.03. The van der Waals surface area contributed by atoms with E-state index in [1.54, 1.807) is 24.3 Å². The molecule has 2 aromatic rings. The van der Waals surface area contributed by atoms with Gasteiger partial charge in [-0.25, -0.2) is 0 Å². The van der Waals surface area contributed by atoms with Crippen molar-refractivity contribution >= 4 is 11.9 Å². The van der Waals surface area contributed by atoms with E-state index in [4.69, 9.17) is 9.47 Å². The predicted molar refractivity (Wildman–Crippen MR) is 93.8 cm³/mol. The predicted octanol–water partition coefficient (Wildman–Crippen LogP) is 2.70. The Morgan fingerprint density at radius 3 is 2.72 bits per heavy atom. The smallest absolute Gasteiger partial charge is 0.310 e. The number of rotatable bonds is 5. The summed E-state index contributed by atoms with van der Waals surface area (Å²) in [4.78, 5) is 24.3. The van der Waals surface area contributed by atoms with Crippen LogP contribution in [0.3, 0.4) is 0 Å². The monoisotopic (exact) mass is 339 g/mol. The molecule has 0 unspecified atom stereocenters. The van der Waals surface area contributed by atoms with Crippen molar-refractivity contribution in [3.8, 4) is 5.75 Å². The summed E-state index contributed by atoms with van der Waals surface area (Å²) in [6, 6.07) is 14.9. The molecular formula is C20H21NO4. The van der Waals surface area contributed by atoms with Gasteiger partial charge in [0.05, 0.1) is 20.1 Å². The fraction of sp³-hybridized carbons (Fsp3) is 0.300. The average molecular weight is 339 g/mol. The van der Waals surface area contributed by atoms with Crippen molar-refractivity contribution in [2.45, 2.75) is 25.3 Å². The van der Waals surface area contributed by atoms with E-state index in [-0.39, 0.29) is 30.3 Å². The van der Waals surface area contributed by atoms with Gasteiger partial charge in [-0.3, -0.25) is 9.59 Å². The van der Waals surface area contributed by atoms with Crippen molar-refractivity contribution in [2.75, 3.05) is 13.7 Å². The fourth-order valence-corrected chi connectivity index (χ4v) is 3.11. The summed E-state index contributed by atoms with van der Waals surface area (Å²) in [6.45, 7) is 2.52. The van der Waals surface area contributed by atoms with E-state index in [1.165, 1.54) is 7.11 Å². The number of amides is 1. The highest BCUT2D eigenvalue weighted by Crippen LogP contribution is 2.35. The average Bonchev–Trinajstić information content (AvgIpc) is 3.06. The van der Waals surface area contributed by atoms with E-state index in [2.05, 4.69) is 5.32 Å². The lowest BCUT2D eigenvalue weighted by molar-refractivity contribution is -0.139. The van der Waals surface area contributed by atoms with Crippen LogP contribution in [0.25, 0.3) is 0 Å². The van der Waals surface area contributed by atoms with Gasteiger partial charge in [-0.15, -0.1) is 0 Å². The number of fused-ring (bicyclic) bond motifs is 1. The number of methoxy groups -OCH3 is 1. The molecule has 0 spiro atoms. The first-order chi connectivity index (χ1) is 12.1. The van der Waals surface area contributed by atoms with E-state index < -0.39 is 0 Å². The molecule has 2 aromatic carbocycles. The summed E-state index contributed by atoms with van der Waals surface area (Å²) >= 11 is 0. The third-order valence-electron chi connectivity index (χ3n) is 4.52. The molecule has 1 aliphatic heterocycles. The Morgan fingerprint density at radius 2 is 1.92 bits per heavy atom. The molecule has 5 nitrogen and oxygen atoms in total. The van der Waals surface area contributed by atoms with Crippen LogP contribution in [-0.4, -0.2) is 31.6 Å². The summed E-state index contributed by atoms with van der Waals surface area (Å²) < 4.78 is 10.4. The number of hydrogen-bond donors (Lipinski definition) is 1. The zero-order chi connectivity index (χ0) is 17.8.